The van der Waals surface area contributed by atoms with Gasteiger partial charge in [0.15, 0.2) is 0 Å². The van der Waals surface area contributed by atoms with Gasteiger partial charge < -0.3 is 0 Å². The molecule has 1 aliphatic rings. The van der Waals surface area contributed by atoms with E-state index in [2.05, 4.69) is 158 Å². The van der Waals surface area contributed by atoms with Gasteiger partial charge in [0.1, 0.15) is 0 Å². The van der Waals surface area contributed by atoms with Crippen molar-refractivity contribution >= 4 is 24.7 Å². The molecule has 4 rings (SSSR count). The molecule has 0 amide bonds. The summed E-state index contributed by atoms with van der Waals surface area (Å²) in [6.45, 7) is 27.9. The van der Waals surface area contributed by atoms with Crippen LogP contribution in [0.4, 0.5) is 0 Å². The van der Waals surface area contributed by atoms with E-state index in [4.69, 9.17) is 0 Å². The zero-order chi connectivity index (χ0) is 29.7. The summed E-state index contributed by atoms with van der Waals surface area (Å²) in [6.07, 6.45) is 1.06. The van der Waals surface area contributed by atoms with E-state index in [0.29, 0.717) is 5.92 Å². The standard InChI is InChI=1S/C38H49Si.Ti/c1-24(2)35-22-34(23-36(35)29-19-30(37(7,8)9)21-31(20-29)38(10,11)12)39(32-15-25(3)13-26(4)16-32)33-17-27(5)14-28(6)18-33;/h13-21,24,39H,23H2,1-12H3;. The Morgan fingerprint density at radius 2 is 1.02 bits per heavy atom. The van der Waals surface area contributed by atoms with Crippen molar-refractivity contribution in [3.05, 3.63) is 108 Å². The van der Waals surface area contributed by atoms with Gasteiger partial charge in [-0.15, -0.1) is 0 Å². The maximum absolute atomic E-state index is 2.51. The fraction of sp³-hybridized carbons (Fsp3) is 0.421. The Labute approximate surface area is 258 Å². The van der Waals surface area contributed by atoms with Gasteiger partial charge in [-0.3, -0.25) is 0 Å². The third-order valence-electron chi connectivity index (χ3n) is 8.38. The Morgan fingerprint density at radius 3 is 1.38 bits per heavy atom. The van der Waals surface area contributed by atoms with Gasteiger partial charge in [-0.2, -0.15) is 0 Å². The molecule has 0 fully saturated rings. The second-order valence-electron chi connectivity index (χ2n) is 14.7. The molecule has 0 nitrogen and oxygen atoms in total. The van der Waals surface area contributed by atoms with Crippen molar-refractivity contribution in [3.8, 4) is 0 Å². The number of aryl methyl sites for hydroxylation is 4. The molecule has 0 N–H and O–H groups in total. The maximum atomic E-state index is 2.51. The minimum absolute atomic E-state index is 0.105. The summed E-state index contributed by atoms with van der Waals surface area (Å²) in [5, 5.41) is 4.81. The molecule has 0 heterocycles. The van der Waals surface area contributed by atoms with Crippen LogP contribution in [-0.2, 0) is 31.3 Å². The van der Waals surface area contributed by atoms with Crippen molar-refractivity contribution < 1.29 is 20.4 Å². The molecule has 0 saturated carbocycles. The normalized spacial score (nSPS) is 14.7. The summed E-state index contributed by atoms with van der Waals surface area (Å²) in [7, 11) is -1.67. The Kier molecular flexibility index (Phi) is 8.83. The van der Waals surface area contributed by atoms with Gasteiger partial charge in [0.05, 0.1) is 0 Å². The molecule has 3 aromatic rings. The third kappa shape index (κ3) is 6.59. The zero-order valence-corrected chi connectivity index (χ0v) is 29.8. The second-order valence-corrected chi connectivity index (χ2v) is 18.4. The molecule has 0 saturated heterocycles. The average molecular weight is 582 g/mol. The molecule has 3 aromatic carbocycles. The van der Waals surface area contributed by atoms with Gasteiger partial charge in [0.2, 0.25) is 0 Å². The first-order valence-corrected chi connectivity index (χ1v) is 17.5. The Morgan fingerprint density at radius 1 is 0.625 bits per heavy atom. The molecule has 0 radical (unpaired) electrons. The van der Waals surface area contributed by atoms with Crippen LogP contribution in [0, 0.1) is 33.6 Å². The van der Waals surface area contributed by atoms with Gasteiger partial charge >= 0.3 is 260 Å². The van der Waals surface area contributed by atoms with Crippen molar-refractivity contribution in [2.24, 2.45) is 5.92 Å². The summed E-state index contributed by atoms with van der Waals surface area (Å²) in [4.78, 5) is 0. The van der Waals surface area contributed by atoms with E-state index in [1.165, 1.54) is 38.9 Å². The van der Waals surface area contributed by atoms with E-state index in [1.807, 2.05) is 0 Å². The predicted molar refractivity (Wildman–Crippen MR) is 175 cm³/mol. The van der Waals surface area contributed by atoms with E-state index >= 15 is 0 Å². The van der Waals surface area contributed by atoms with E-state index in [9.17, 15) is 0 Å². The molecular formula is C38H49SiTi. The Hall–Kier alpha value is -1.93. The first-order valence-electron chi connectivity index (χ1n) is 15.0. The van der Waals surface area contributed by atoms with Crippen LogP contribution in [0.1, 0.15) is 101 Å². The third-order valence-corrected chi connectivity index (χ3v) is 12.9. The average Bonchev–Trinajstić information content (AvgIpc) is 3.13. The molecule has 0 aromatic heterocycles. The molecule has 0 spiro atoms. The molecule has 2 heteroatoms. The number of hydrogen-bond acceptors (Lipinski definition) is 0. The van der Waals surface area contributed by atoms with Crippen LogP contribution in [0.5, 0.6) is 0 Å². The van der Waals surface area contributed by atoms with E-state index in [1.54, 1.807) is 30.6 Å². The summed E-state index contributed by atoms with van der Waals surface area (Å²) in [5.41, 5.74) is 13.2. The first kappa shape index (κ1) is 31.0. The fourth-order valence-electron chi connectivity index (χ4n) is 6.45. The topological polar surface area (TPSA) is 0 Å². The predicted octanol–water partition coefficient (Wildman–Crippen LogP) is 8.71. The van der Waals surface area contributed by atoms with Crippen LogP contribution < -0.4 is 10.4 Å². The van der Waals surface area contributed by atoms with Crippen molar-refractivity contribution in [3.63, 3.8) is 0 Å². The van der Waals surface area contributed by atoms with E-state index < -0.39 is 8.80 Å². The number of rotatable bonds is 5. The van der Waals surface area contributed by atoms with Crippen LogP contribution in [0.3, 0.4) is 0 Å². The van der Waals surface area contributed by atoms with Crippen molar-refractivity contribution in [1.29, 1.82) is 0 Å². The zero-order valence-electron chi connectivity index (χ0n) is 27.1. The summed E-state index contributed by atoms with van der Waals surface area (Å²) in [5.74, 6) is 0.483. The first-order chi connectivity index (χ1) is 18.5. The van der Waals surface area contributed by atoms with Crippen molar-refractivity contribution in [2.45, 2.75) is 100 Å². The van der Waals surface area contributed by atoms with E-state index in [-0.39, 0.29) is 10.8 Å². The Balaban J connectivity index is 1.96. The molecule has 0 aliphatic heterocycles. The van der Waals surface area contributed by atoms with Crippen LogP contribution >= 0.6 is 0 Å². The van der Waals surface area contributed by atoms with Gasteiger partial charge in [0.25, 0.3) is 0 Å². The van der Waals surface area contributed by atoms with Gasteiger partial charge in [-0.1, -0.05) is 0 Å². The van der Waals surface area contributed by atoms with Crippen molar-refractivity contribution in [1.82, 2.24) is 0 Å². The van der Waals surface area contributed by atoms with Crippen LogP contribution in [0.25, 0.3) is 5.57 Å². The van der Waals surface area contributed by atoms with Gasteiger partial charge in [-0.05, 0) is 0 Å². The number of allylic oxidation sites excluding steroid dienone is 4. The molecule has 209 valence electrons. The second kappa shape index (κ2) is 11.4. The molecule has 0 bridgehead atoms. The van der Waals surface area contributed by atoms with Crippen LogP contribution in [0.2, 0.25) is 0 Å². The van der Waals surface area contributed by atoms with Crippen LogP contribution in [0.15, 0.2) is 69.2 Å². The number of hydrogen-bond donors (Lipinski definition) is 0. The van der Waals surface area contributed by atoms with Crippen LogP contribution in [-0.4, -0.2) is 8.80 Å². The SMILES string of the molecule is Cc1cc(C)cc([SiH](C2=[C]([Ti])C(C(C)C)=C(c3cc(C(C)(C)C)cc(C(C)(C)C)c3)C2)c2cc(C)cc(C)c2)c1. The summed E-state index contributed by atoms with van der Waals surface area (Å²) in [6, 6.07) is 22.0. The summed E-state index contributed by atoms with van der Waals surface area (Å²) < 4.78 is 1.55. The molecule has 0 unspecified atom stereocenters. The molecule has 1 aliphatic carbocycles. The Bertz CT molecular complexity index is 1380. The summed E-state index contributed by atoms with van der Waals surface area (Å²) >= 11 is 2.43. The van der Waals surface area contributed by atoms with Crippen molar-refractivity contribution in [2.75, 3.05) is 0 Å². The quantitative estimate of drug-likeness (QED) is 0.265. The number of benzene rings is 3. The monoisotopic (exact) mass is 581 g/mol. The molecular weight excluding hydrogens is 532 g/mol. The minimum atomic E-state index is -1.67. The fourth-order valence-corrected chi connectivity index (χ4v) is 11.7. The molecule has 0 atom stereocenters. The van der Waals surface area contributed by atoms with E-state index in [0.717, 1.165) is 6.42 Å². The van der Waals surface area contributed by atoms with Gasteiger partial charge in [0, 0.05) is 0 Å². The molecule has 40 heavy (non-hydrogen) atoms. The van der Waals surface area contributed by atoms with Gasteiger partial charge in [-0.25, -0.2) is 0 Å².